The molecule has 6 heteroatoms. The van der Waals surface area contributed by atoms with E-state index in [1.807, 2.05) is 47.4 Å². The number of amidine groups is 1. The molecule has 0 saturated carbocycles. The molecule has 0 saturated heterocycles. The van der Waals surface area contributed by atoms with Gasteiger partial charge in [-0.2, -0.15) is 5.26 Å². The van der Waals surface area contributed by atoms with E-state index in [1.165, 1.54) is 0 Å². The number of nitrogens with two attached hydrogens (primary N) is 1. The maximum atomic E-state index is 13.1. The molecule has 0 fully saturated rings. The summed E-state index contributed by atoms with van der Waals surface area (Å²) in [5.74, 6) is 0.454. The van der Waals surface area contributed by atoms with Crippen molar-refractivity contribution in [1.29, 1.82) is 5.26 Å². The number of allylic oxidation sites excluding steroid dienone is 3. The lowest BCUT2D eigenvalue weighted by Gasteiger charge is -2.41. The average molecular weight is 401 g/mol. The molecule has 0 spiro atoms. The number of hydrogen-bond donors (Lipinski definition) is 1. The minimum absolute atomic E-state index is 0.0723. The van der Waals surface area contributed by atoms with E-state index >= 15 is 0 Å². The maximum absolute atomic E-state index is 13.1. The van der Waals surface area contributed by atoms with Gasteiger partial charge in [0.25, 0.3) is 0 Å². The largest absolute Gasteiger partial charge is 0.383 e. The summed E-state index contributed by atoms with van der Waals surface area (Å²) in [6.45, 7) is 0. The Morgan fingerprint density at radius 1 is 1.17 bits per heavy atom. The van der Waals surface area contributed by atoms with Crippen molar-refractivity contribution >= 4 is 28.9 Å². The van der Waals surface area contributed by atoms with Crippen LogP contribution in [0.2, 0.25) is 5.02 Å². The number of anilines is 1. The summed E-state index contributed by atoms with van der Waals surface area (Å²) in [5, 5.41) is 10.7. The van der Waals surface area contributed by atoms with Crippen molar-refractivity contribution < 1.29 is 4.79 Å². The van der Waals surface area contributed by atoms with Crippen molar-refractivity contribution in [2.45, 2.75) is 25.2 Å². The number of rotatable bonds is 1. The molecule has 0 aromatic heterocycles. The highest BCUT2D eigenvalue weighted by atomic mass is 35.5. The Morgan fingerprint density at radius 3 is 2.79 bits per heavy atom. The van der Waals surface area contributed by atoms with Crippen LogP contribution in [0.15, 0.2) is 76.2 Å². The fourth-order valence-corrected chi connectivity index (χ4v) is 4.69. The van der Waals surface area contributed by atoms with Gasteiger partial charge in [0.1, 0.15) is 5.84 Å². The van der Waals surface area contributed by atoms with E-state index in [0.29, 0.717) is 34.2 Å². The third kappa shape index (κ3) is 2.60. The molecule has 1 aliphatic carbocycles. The zero-order valence-corrected chi connectivity index (χ0v) is 16.3. The van der Waals surface area contributed by atoms with E-state index < -0.39 is 5.92 Å². The molecule has 5 nitrogen and oxygen atoms in total. The topological polar surface area (TPSA) is 82.5 Å². The zero-order chi connectivity index (χ0) is 20.1. The Morgan fingerprint density at radius 2 is 2.00 bits per heavy atom. The lowest BCUT2D eigenvalue weighted by atomic mass is 9.75. The van der Waals surface area contributed by atoms with Gasteiger partial charge in [-0.25, -0.2) is 4.99 Å². The van der Waals surface area contributed by atoms with E-state index in [-0.39, 0.29) is 5.78 Å². The predicted molar refractivity (Wildman–Crippen MR) is 112 cm³/mol. The van der Waals surface area contributed by atoms with Crippen molar-refractivity contribution in [1.82, 2.24) is 0 Å². The van der Waals surface area contributed by atoms with E-state index in [1.54, 1.807) is 6.07 Å². The number of halogens is 1. The molecule has 2 aromatic carbocycles. The predicted octanol–water partition coefficient (Wildman–Crippen LogP) is 4.40. The highest BCUT2D eigenvalue weighted by Crippen LogP contribution is 2.49. The Kier molecular flexibility index (Phi) is 4.04. The number of aliphatic imine (C=N–C) groups is 1. The number of fused-ring (bicyclic) bond motifs is 4. The second kappa shape index (κ2) is 6.61. The summed E-state index contributed by atoms with van der Waals surface area (Å²) in [6, 6.07) is 17.4. The molecule has 1 atom stereocenters. The number of nitrogens with zero attached hydrogens (tertiary/aromatic N) is 3. The fraction of sp³-hybridized carbons (Fsp3) is 0.174. The van der Waals surface area contributed by atoms with Crippen LogP contribution < -0.4 is 10.6 Å². The molecule has 29 heavy (non-hydrogen) atoms. The molecule has 142 valence electrons. The number of hydrogen-bond acceptors (Lipinski definition) is 5. The summed E-state index contributed by atoms with van der Waals surface area (Å²) < 4.78 is 0. The SMILES string of the molecule is N#CC1=C2N=C(N)c3ccccc3N2C2=C(C(=O)CCC2)[C@@H]1c1cccc(Cl)c1. The number of carbonyl (C=O) groups excluding carboxylic acids is 1. The average Bonchev–Trinajstić information content (AvgIpc) is 2.73. The van der Waals surface area contributed by atoms with E-state index in [9.17, 15) is 10.1 Å². The highest BCUT2D eigenvalue weighted by Gasteiger charge is 2.42. The molecule has 2 N–H and O–H groups in total. The summed E-state index contributed by atoms with van der Waals surface area (Å²) in [7, 11) is 0. The van der Waals surface area contributed by atoms with Gasteiger partial charge in [-0.05, 0) is 42.7 Å². The van der Waals surface area contributed by atoms with Gasteiger partial charge in [-0.3, -0.25) is 9.69 Å². The zero-order valence-electron chi connectivity index (χ0n) is 15.5. The summed E-state index contributed by atoms with van der Waals surface area (Å²) in [4.78, 5) is 19.7. The lowest BCUT2D eigenvalue weighted by molar-refractivity contribution is -0.116. The fourth-order valence-electron chi connectivity index (χ4n) is 4.49. The first kappa shape index (κ1) is 17.7. The maximum Gasteiger partial charge on any atom is 0.161 e. The molecule has 2 aliphatic heterocycles. The van der Waals surface area contributed by atoms with Crippen molar-refractivity contribution in [3.63, 3.8) is 0 Å². The summed E-state index contributed by atoms with van der Waals surface area (Å²) in [5.41, 5.74) is 10.7. The van der Waals surface area contributed by atoms with Crippen molar-refractivity contribution in [2.24, 2.45) is 10.7 Å². The third-order valence-electron chi connectivity index (χ3n) is 5.68. The molecule has 0 bridgehead atoms. The minimum Gasteiger partial charge on any atom is -0.383 e. The van der Waals surface area contributed by atoms with Crippen LogP contribution in [0.5, 0.6) is 0 Å². The van der Waals surface area contributed by atoms with Crippen LogP contribution in [-0.2, 0) is 4.79 Å². The number of nitriles is 1. The molecule has 2 heterocycles. The first-order chi connectivity index (χ1) is 14.1. The van der Waals surface area contributed by atoms with Gasteiger partial charge >= 0.3 is 0 Å². The lowest BCUT2D eigenvalue weighted by Crippen LogP contribution is -2.39. The van der Waals surface area contributed by atoms with Crippen LogP contribution in [0.25, 0.3) is 0 Å². The number of carbonyl (C=O) groups is 1. The smallest absolute Gasteiger partial charge is 0.161 e. The van der Waals surface area contributed by atoms with Gasteiger partial charge in [-0.1, -0.05) is 35.9 Å². The van der Waals surface area contributed by atoms with Gasteiger partial charge in [0.2, 0.25) is 0 Å². The molecule has 3 aliphatic rings. The van der Waals surface area contributed by atoms with Gasteiger partial charge in [0.15, 0.2) is 11.6 Å². The molecular formula is C23H17ClN4O. The van der Waals surface area contributed by atoms with Crippen LogP contribution in [-0.4, -0.2) is 11.6 Å². The standard InChI is InChI=1S/C23H17ClN4O/c24-14-6-3-5-13(11-14)20-16(12-25)23-27-22(26)15-7-1-2-8-17(15)28(23)18-9-4-10-19(29)21(18)20/h1-3,5-8,11,20H,4,9-10H2,(H2,26,27)/t20-/m1/s1. The molecule has 0 radical (unpaired) electrons. The first-order valence-corrected chi connectivity index (χ1v) is 9.87. The Labute approximate surface area is 173 Å². The third-order valence-corrected chi connectivity index (χ3v) is 5.91. The Hall–Kier alpha value is -3.36. The summed E-state index contributed by atoms with van der Waals surface area (Å²) >= 11 is 6.24. The number of Topliss-reactive ketones (excluding diaryl/α,β-unsaturated/α-hetero) is 1. The molecular weight excluding hydrogens is 384 g/mol. The van der Waals surface area contributed by atoms with Gasteiger partial charge < -0.3 is 5.73 Å². The first-order valence-electron chi connectivity index (χ1n) is 9.50. The highest BCUT2D eigenvalue weighted by molar-refractivity contribution is 6.30. The van der Waals surface area contributed by atoms with Crippen LogP contribution in [0.1, 0.15) is 36.3 Å². The van der Waals surface area contributed by atoms with Crippen molar-refractivity contribution in [2.75, 3.05) is 4.90 Å². The van der Waals surface area contributed by atoms with Crippen LogP contribution in [0, 0.1) is 11.3 Å². The quantitative estimate of drug-likeness (QED) is 0.768. The van der Waals surface area contributed by atoms with Crippen LogP contribution in [0.4, 0.5) is 5.69 Å². The normalized spacial score (nSPS) is 20.6. The van der Waals surface area contributed by atoms with E-state index in [0.717, 1.165) is 35.4 Å². The second-order valence-corrected chi connectivity index (χ2v) is 7.76. The van der Waals surface area contributed by atoms with Gasteiger partial charge in [0.05, 0.1) is 23.2 Å². The van der Waals surface area contributed by atoms with Crippen molar-refractivity contribution in [3.8, 4) is 6.07 Å². The number of para-hydroxylation sites is 1. The molecule has 5 rings (SSSR count). The molecule has 0 amide bonds. The summed E-state index contributed by atoms with van der Waals surface area (Å²) in [6.07, 6.45) is 1.99. The van der Waals surface area contributed by atoms with Crippen LogP contribution >= 0.6 is 11.6 Å². The number of benzene rings is 2. The Bertz CT molecular complexity index is 1200. The van der Waals surface area contributed by atoms with Crippen LogP contribution in [0.3, 0.4) is 0 Å². The monoisotopic (exact) mass is 400 g/mol. The molecule has 2 aromatic rings. The minimum atomic E-state index is -0.491. The molecule has 0 unspecified atom stereocenters. The van der Waals surface area contributed by atoms with E-state index in [2.05, 4.69) is 11.1 Å². The second-order valence-electron chi connectivity index (χ2n) is 7.32. The Balaban J connectivity index is 1.84. The van der Waals surface area contributed by atoms with Gasteiger partial charge in [-0.15, -0.1) is 0 Å². The van der Waals surface area contributed by atoms with Crippen molar-refractivity contribution in [3.05, 3.63) is 87.3 Å². The van der Waals surface area contributed by atoms with Gasteiger partial charge in [0, 0.05) is 28.3 Å². The number of ketones is 1. The van der Waals surface area contributed by atoms with E-state index in [4.69, 9.17) is 17.3 Å².